The molecule has 3 aromatic rings. The Hall–Kier alpha value is -3.38. The lowest BCUT2D eigenvalue weighted by molar-refractivity contribution is 0.0944. The van der Waals surface area contributed by atoms with Gasteiger partial charge in [-0.05, 0) is 36.8 Å². The Balaban J connectivity index is 1.42. The van der Waals surface area contributed by atoms with Crippen molar-refractivity contribution in [1.29, 1.82) is 0 Å². The zero-order valence-corrected chi connectivity index (χ0v) is 16.4. The highest BCUT2D eigenvalue weighted by molar-refractivity contribution is 6.06. The number of para-hydroxylation sites is 1. The van der Waals surface area contributed by atoms with Gasteiger partial charge in [-0.3, -0.25) is 20.6 Å². The molecule has 4 rings (SSSR count). The summed E-state index contributed by atoms with van der Waals surface area (Å²) in [6.45, 7) is 9.23. The van der Waals surface area contributed by atoms with E-state index in [4.69, 9.17) is 4.74 Å². The summed E-state index contributed by atoms with van der Waals surface area (Å²) in [5.41, 5.74) is 10.6. The van der Waals surface area contributed by atoms with Crippen LogP contribution in [0.4, 0.5) is 5.69 Å². The molecule has 0 bridgehead atoms. The number of fused-ring (bicyclic) bond motifs is 1. The van der Waals surface area contributed by atoms with Crippen LogP contribution in [0.5, 0.6) is 0 Å². The Kier molecular flexibility index (Phi) is 5.44. The Morgan fingerprint density at radius 2 is 1.79 bits per heavy atom. The lowest BCUT2D eigenvalue weighted by Crippen LogP contribution is -2.36. The number of anilines is 1. The lowest BCUT2D eigenvalue weighted by Gasteiger charge is -2.29. The van der Waals surface area contributed by atoms with Gasteiger partial charge in [-0.25, -0.2) is 0 Å². The summed E-state index contributed by atoms with van der Waals surface area (Å²) in [6, 6.07) is 17.5. The maximum absolute atomic E-state index is 12.7. The van der Waals surface area contributed by atoms with Gasteiger partial charge in [0.05, 0.1) is 30.0 Å². The number of nitrogens with zero attached hydrogens (tertiary/aromatic N) is 2. The van der Waals surface area contributed by atoms with E-state index in [0.717, 1.165) is 54.2 Å². The van der Waals surface area contributed by atoms with Crippen LogP contribution in [0.2, 0.25) is 0 Å². The summed E-state index contributed by atoms with van der Waals surface area (Å²) < 4.78 is 5.40. The van der Waals surface area contributed by atoms with Crippen molar-refractivity contribution in [3.8, 4) is 0 Å². The van der Waals surface area contributed by atoms with E-state index in [1.807, 2.05) is 43.3 Å². The normalized spacial score (nSPS) is 13.9. The highest BCUT2D eigenvalue weighted by atomic mass is 16.5. The summed E-state index contributed by atoms with van der Waals surface area (Å²) >= 11 is 0. The topological polar surface area (TPSA) is 66.5 Å². The molecule has 2 aromatic carbocycles. The van der Waals surface area contributed by atoms with Crippen molar-refractivity contribution in [2.75, 3.05) is 31.2 Å². The van der Waals surface area contributed by atoms with E-state index in [9.17, 15) is 4.79 Å². The lowest BCUT2D eigenvalue weighted by atomic mass is 10.1. The number of ether oxygens (including phenoxy) is 1. The van der Waals surface area contributed by atoms with Gasteiger partial charge in [0.2, 0.25) is 0 Å². The van der Waals surface area contributed by atoms with Crippen LogP contribution in [0, 0.1) is 6.92 Å². The summed E-state index contributed by atoms with van der Waals surface area (Å²) in [6.07, 6.45) is 0. The standard InChI is InChI=1S/C23H24N4O2/c1-16-15-21(20-5-3-4-6-22(20)24-16)23(28)26-25-17(2)18-7-9-19(10-8-18)27-11-13-29-14-12-27/h3-10,15,25H,2,11-14H2,1H3,(H,26,28). The van der Waals surface area contributed by atoms with Crippen molar-refractivity contribution < 1.29 is 9.53 Å². The van der Waals surface area contributed by atoms with Gasteiger partial charge in [0.15, 0.2) is 0 Å². The molecule has 1 saturated heterocycles. The smallest absolute Gasteiger partial charge is 0.270 e. The molecule has 6 nitrogen and oxygen atoms in total. The minimum Gasteiger partial charge on any atom is -0.378 e. The number of hydrogen-bond donors (Lipinski definition) is 2. The predicted octanol–water partition coefficient (Wildman–Crippen LogP) is 3.29. The SMILES string of the molecule is C=C(NNC(=O)c1cc(C)nc2ccccc12)c1ccc(N2CCOCC2)cc1. The molecule has 6 heteroatoms. The van der Waals surface area contributed by atoms with E-state index in [1.54, 1.807) is 6.07 Å². The van der Waals surface area contributed by atoms with E-state index < -0.39 is 0 Å². The second-order valence-electron chi connectivity index (χ2n) is 7.03. The molecular weight excluding hydrogens is 364 g/mol. The maximum atomic E-state index is 12.7. The minimum atomic E-state index is -0.224. The summed E-state index contributed by atoms with van der Waals surface area (Å²) in [7, 11) is 0. The minimum absolute atomic E-state index is 0.224. The van der Waals surface area contributed by atoms with Crippen molar-refractivity contribution in [1.82, 2.24) is 15.8 Å². The zero-order chi connectivity index (χ0) is 20.2. The number of benzene rings is 2. The first-order chi connectivity index (χ1) is 14.1. The average molecular weight is 388 g/mol. The fourth-order valence-electron chi connectivity index (χ4n) is 3.46. The second kappa shape index (κ2) is 8.32. The van der Waals surface area contributed by atoms with Crippen molar-refractivity contribution in [2.24, 2.45) is 0 Å². The molecule has 2 N–H and O–H groups in total. The van der Waals surface area contributed by atoms with Crippen LogP contribution in [-0.2, 0) is 4.74 Å². The van der Waals surface area contributed by atoms with E-state index in [2.05, 4.69) is 39.4 Å². The second-order valence-corrected chi connectivity index (χ2v) is 7.03. The molecular formula is C23H24N4O2. The van der Waals surface area contributed by atoms with Crippen LogP contribution in [0.1, 0.15) is 21.6 Å². The van der Waals surface area contributed by atoms with E-state index in [1.165, 1.54) is 0 Å². The fourth-order valence-corrected chi connectivity index (χ4v) is 3.46. The molecule has 0 spiro atoms. The third kappa shape index (κ3) is 4.22. The van der Waals surface area contributed by atoms with E-state index in [0.29, 0.717) is 11.3 Å². The number of hydrogen-bond acceptors (Lipinski definition) is 5. The number of aryl methyl sites for hydroxylation is 1. The number of rotatable bonds is 5. The molecule has 0 saturated carbocycles. The van der Waals surface area contributed by atoms with Crippen molar-refractivity contribution in [3.63, 3.8) is 0 Å². The van der Waals surface area contributed by atoms with Crippen LogP contribution in [0.25, 0.3) is 16.6 Å². The van der Waals surface area contributed by atoms with Gasteiger partial charge in [-0.15, -0.1) is 0 Å². The Morgan fingerprint density at radius 3 is 2.55 bits per heavy atom. The largest absolute Gasteiger partial charge is 0.378 e. The molecule has 0 unspecified atom stereocenters. The number of amides is 1. The Labute approximate surface area is 170 Å². The maximum Gasteiger partial charge on any atom is 0.270 e. The quantitative estimate of drug-likeness (QED) is 0.657. The van der Waals surface area contributed by atoms with Gasteiger partial charge >= 0.3 is 0 Å². The Morgan fingerprint density at radius 1 is 1.07 bits per heavy atom. The summed E-state index contributed by atoms with van der Waals surface area (Å²) in [5.74, 6) is -0.224. The number of hydrazine groups is 1. The number of carbonyl (C=O) groups excluding carboxylic acids is 1. The van der Waals surface area contributed by atoms with Crippen LogP contribution in [0.3, 0.4) is 0 Å². The third-order valence-corrected chi connectivity index (χ3v) is 5.01. The van der Waals surface area contributed by atoms with Gasteiger partial charge in [0.25, 0.3) is 5.91 Å². The third-order valence-electron chi connectivity index (χ3n) is 5.01. The van der Waals surface area contributed by atoms with Crippen LogP contribution in [0.15, 0.2) is 61.2 Å². The molecule has 0 atom stereocenters. The fraction of sp³-hybridized carbons (Fsp3) is 0.217. The molecule has 148 valence electrons. The van der Waals surface area contributed by atoms with E-state index >= 15 is 0 Å². The Bertz CT molecular complexity index is 1040. The monoisotopic (exact) mass is 388 g/mol. The molecule has 2 heterocycles. The van der Waals surface area contributed by atoms with Gasteiger partial charge in [-0.2, -0.15) is 0 Å². The molecule has 1 aromatic heterocycles. The first-order valence-corrected chi connectivity index (χ1v) is 9.66. The highest BCUT2D eigenvalue weighted by Gasteiger charge is 2.13. The summed E-state index contributed by atoms with van der Waals surface area (Å²) in [4.78, 5) is 19.5. The average Bonchev–Trinajstić information content (AvgIpc) is 2.77. The molecule has 1 aliphatic heterocycles. The van der Waals surface area contributed by atoms with Crippen molar-refractivity contribution in [2.45, 2.75) is 6.92 Å². The highest BCUT2D eigenvalue weighted by Crippen LogP contribution is 2.20. The van der Waals surface area contributed by atoms with Crippen LogP contribution < -0.4 is 15.8 Å². The number of carbonyl (C=O) groups is 1. The molecule has 1 amide bonds. The van der Waals surface area contributed by atoms with Crippen LogP contribution >= 0.6 is 0 Å². The molecule has 29 heavy (non-hydrogen) atoms. The van der Waals surface area contributed by atoms with Gasteiger partial charge in [0, 0.05) is 29.9 Å². The van der Waals surface area contributed by atoms with E-state index in [-0.39, 0.29) is 5.91 Å². The molecule has 0 radical (unpaired) electrons. The van der Waals surface area contributed by atoms with Gasteiger partial charge in [-0.1, -0.05) is 36.9 Å². The number of nitrogens with one attached hydrogen (secondary N) is 2. The first kappa shape index (κ1) is 19.0. The van der Waals surface area contributed by atoms with Crippen LogP contribution in [-0.4, -0.2) is 37.2 Å². The number of aromatic nitrogens is 1. The van der Waals surface area contributed by atoms with Crippen molar-refractivity contribution in [3.05, 3.63) is 78.0 Å². The summed E-state index contributed by atoms with van der Waals surface area (Å²) in [5, 5.41) is 0.817. The number of pyridine rings is 1. The first-order valence-electron chi connectivity index (χ1n) is 9.66. The molecule has 1 fully saturated rings. The van der Waals surface area contributed by atoms with Gasteiger partial charge in [0.1, 0.15) is 0 Å². The molecule has 0 aliphatic carbocycles. The number of morpholine rings is 1. The van der Waals surface area contributed by atoms with Gasteiger partial charge < -0.3 is 9.64 Å². The predicted molar refractivity (Wildman–Crippen MR) is 116 cm³/mol. The molecule has 1 aliphatic rings. The van der Waals surface area contributed by atoms with Crippen molar-refractivity contribution >= 4 is 28.2 Å². The zero-order valence-electron chi connectivity index (χ0n) is 16.4.